The Labute approximate surface area is 159 Å². The predicted molar refractivity (Wildman–Crippen MR) is 95.6 cm³/mol. The lowest BCUT2D eigenvalue weighted by Gasteiger charge is -2.10. The third-order valence-electron chi connectivity index (χ3n) is 4.08. The number of aryl methyl sites for hydroxylation is 1. The van der Waals surface area contributed by atoms with Crippen molar-refractivity contribution in [3.63, 3.8) is 0 Å². The molecule has 2 rings (SSSR count). The summed E-state index contributed by atoms with van der Waals surface area (Å²) in [6, 6.07) is 6.28. The van der Waals surface area contributed by atoms with Gasteiger partial charge in [0.05, 0.1) is 23.4 Å². The van der Waals surface area contributed by atoms with Crippen LogP contribution in [0.4, 0.5) is 13.2 Å². The SMILES string of the molecule is CCOC(=O)c1c(C)[nH]c(C(=O)/C(C#N)=C\c2ccccc2C(F)(F)F)c1C. The van der Waals surface area contributed by atoms with Crippen molar-refractivity contribution < 1.29 is 27.5 Å². The number of carbonyl (C=O) groups excluding carboxylic acids is 2. The lowest BCUT2D eigenvalue weighted by molar-refractivity contribution is -0.137. The van der Waals surface area contributed by atoms with E-state index in [4.69, 9.17) is 4.74 Å². The maximum Gasteiger partial charge on any atom is 0.416 e. The summed E-state index contributed by atoms with van der Waals surface area (Å²) in [5.41, 5.74) is -0.987. The number of allylic oxidation sites excluding steroid dienone is 1. The average Bonchev–Trinajstić information content (AvgIpc) is 2.93. The Hall–Kier alpha value is -3.34. The van der Waals surface area contributed by atoms with Gasteiger partial charge in [0.15, 0.2) is 0 Å². The quantitative estimate of drug-likeness (QED) is 0.350. The topological polar surface area (TPSA) is 83.0 Å². The first-order chi connectivity index (χ1) is 13.1. The number of carbonyl (C=O) groups is 2. The lowest BCUT2D eigenvalue weighted by atomic mass is 10.00. The molecule has 1 aromatic heterocycles. The molecule has 0 fully saturated rings. The van der Waals surface area contributed by atoms with Crippen molar-refractivity contribution in [1.29, 1.82) is 5.26 Å². The van der Waals surface area contributed by atoms with Crippen LogP contribution in [0, 0.1) is 25.2 Å². The normalized spacial score (nSPS) is 11.8. The first-order valence-electron chi connectivity index (χ1n) is 8.30. The maximum absolute atomic E-state index is 13.2. The Morgan fingerprint density at radius 2 is 1.89 bits per heavy atom. The second-order valence-corrected chi connectivity index (χ2v) is 5.93. The second kappa shape index (κ2) is 8.13. The molecule has 8 heteroatoms. The number of esters is 1. The third-order valence-corrected chi connectivity index (χ3v) is 4.08. The van der Waals surface area contributed by atoms with Gasteiger partial charge in [-0.2, -0.15) is 18.4 Å². The van der Waals surface area contributed by atoms with Gasteiger partial charge in [-0.15, -0.1) is 0 Å². The zero-order valence-electron chi connectivity index (χ0n) is 15.4. The highest BCUT2D eigenvalue weighted by atomic mass is 19.4. The molecular weight excluding hydrogens is 373 g/mol. The zero-order valence-corrected chi connectivity index (χ0v) is 15.4. The molecule has 0 spiro atoms. The van der Waals surface area contributed by atoms with Gasteiger partial charge in [0.25, 0.3) is 0 Å². The number of nitrogens with one attached hydrogen (secondary N) is 1. The van der Waals surface area contributed by atoms with E-state index in [1.807, 2.05) is 0 Å². The second-order valence-electron chi connectivity index (χ2n) is 5.93. The number of aromatic amines is 1. The predicted octanol–water partition coefficient (Wildman–Crippen LogP) is 4.62. The molecule has 0 aliphatic rings. The fourth-order valence-electron chi connectivity index (χ4n) is 2.81. The van der Waals surface area contributed by atoms with Crippen molar-refractivity contribution >= 4 is 17.8 Å². The van der Waals surface area contributed by atoms with Gasteiger partial charge in [0.2, 0.25) is 5.78 Å². The van der Waals surface area contributed by atoms with Crippen LogP contribution in [0.15, 0.2) is 29.8 Å². The number of rotatable bonds is 5. The first kappa shape index (κ1) is 21.0. The van der Waals surface area contributed by atoms with Gasteiger partial charge in [-0.05, 0) is 44.0 Å². The number of hydrogen-bond donors (Lipinski definition) is 1. The van der Waals surface area contributed by atoms with Crippen LogP contribution in [0.1, 0.15) is 50.2 Å². The van der Waals surface area contributed by atoms with Crippen molar-refractivity contribution in [2.45, 2.75) is 26.9 Å². The van der Waals surface area contributed by atoms with E-state index in [1.165, 1.54) is 25.1 Å². The van der Waals surface area contributed by atoms with Crippen molar-refractivity contribution in [2.75, 3.05) is 6.61 Å². The van der Waals surface area contributed by atoms with Gasteiger partial charge in [-0.25, -0.2) is 4.79 Å². The molecule has 0 saturated heterocycles. The molecule has 2 aromatic rings. The number of nitrogens with zero attached hydrogens (tertiary/aromatic N) is 1. The molecule has 0 radical (unpaired) electrons. The molecule has 0 saturated carbocycles. The molecule has 1 aromatic carbocycles. The van der Waals surface area contributed by atoms with Crippen LogP contribution in [0.3, 0.4) is 0 Å². The van der Waals surface area contributed by atoms with E-state index >= 15 is 0 Å². The Morgan fingerprint density at radius 1 is 1.25 bits per heavy atom. The Kier molecular flexibility index (Phi) is 6.09. The van der Waals surface area contributed by atoms with Gasteiger partial charge in [0, 0.05) is 5.69 Å². The number of alkyl halides is 3. The number of ketones is 1. The van der Waals surface area contributed by atoms with Crippen LogP contribution in [-0.2, 0) is 10.9 Å². The van der Waals surface area contributed by atoms with Crippen LogP contribution in [0.25, 0.3) is 6.08 Å². The standard InChI is InChI=1S/C20H17F3N2O3/c1-4-28-19(27)16-11(2)17(25-12(16)3)18(26)14(10-24)9-13-7-5-6-8-15(13)20(21,22)23/h5-9,25H,4H2,1-3H3/b14-9-. The highest BCUT2D eigenvalue weighted by Gasteiger charge is 2.33. The van der Waals surface area contributed by atoms with E-state index in [0.717, 1.165) is 12.1 Å². The monoisotopic (exact) mass is 390 g/mol. The molecule has 0 aliphatic carbocycles. The van der Waals surface area contributed by atoms with Crippen LogP contribution in [0.5, 0.6) is 0 Å². The molecule has 5 nitrogen and oxygen atoms in total. The van der Waals surface area contributed by atoms with Crippen LogP contribution < -0.4 is 0 Å². The fourth-order valence-corrected chi connectivity index (χ4v) is 2.81. The molecule has 0 bridgehead atoms. The van der Waals surface area contributed by atoms with Gasteiger partial charge in [-0.3, -0.25) is 4.79 Å². The molecular formula is C20H17F3N2O3. The molecule has 0 amide bonds. The van der Waals surface area contributed by atoms with Crippen molar-refractivity contribution in [3.05, 3.63) is 63.5 Å². The molecule has 146 valence electrons. The van der Waals surface area contributed by atoms with E-state index in [1.54, 1.807) is 19.9 Å². The van der Waals surface area contributed by atoms with E-state index in [9.17, 15) is 28.0 Å². The minimum atomic E-state index is -4.63. The fraction of sp³-hybridized carbons (Fsp3) is 0.250. The van der Waals surface area contributed by atoms with Crippen LogP contribution in [-0.4, -0.2) is 23.3 Å². The Morgan fingerprint density at radius 3 is 2.46 bits per heavy atom. The molecule has 1 heterocycles. The summed E-state index contributed by atoms with van der Waals surface area (Å²) in [4.78, 5) is 27.5. The van der Waals surface area contributed by atoms with Crippen LogP contribution in [0.2, 0.25) is 0 Å². The molecule has 28 heavy (non-hydrogen) atoms. The van der Waals surface area contributed by atoms with Crippen molar-refractivity contribution in [3.8, 4) is 6.07 Å². The summed E-state index contributed by atoms with van der Waals surface area (Å²) >= 11 is 0. The smallest absolute Gasteiger partial charge is 0.416 e. The Bertz CT molecular complexity index is 995. The summed E-state index contributed by atoms with van der Waals surface area (Å²) < 4.78 is 44.4. The summed E-state index contributed by atoms with van der Waals surface area (Å²) in [7, 11) is 0. The maximum atomic E-state index is 13.2. The van der Waals surface area contributed by atoms with E-state index in [-0.39, 0.29) is 29.0 Å². The summed E-state index contributed by atoms with van der Waals surface area (Å²) in [5, 5.41) is 9.35. The molecule has 0 aliphatic heterocycles. The first-order valence-corrected chi connectivity index (χ1v) is 8.30. The number of aromatic nitrogens is 1. The lowest BCUT2D eigenvalue weighted by Crippen LogP contribution is -2.09. The number of hydrogen-bond acceptors (Lipinski definition) is 4. The highest BCUT2D eigenvalue weighted by molar-refractivity contribution is 6.15. The Balaban J connectivity index is 2.52. The highest BCUT2D eigenvalue weighted by Crippen LogP contribution is 2.33. The van der Waals surface area contributed by atoms with Gasteiger partial charge >= 0.3 is 12.1 Å². The summed E-state index contributed by atoms with van der Waals surface area (Å²) in [6.07, 6.45) is -3.74. The number of benzene rings is 1. The zero-order chi connectivity index (χ0) is 21.1. The number of ether oxygens (including phenoxy) is 1. The minimum Gasteiger partial charge on any atom is -0.462 e. The summed E-state index contributed by atoms with van der Waals surface area (Å²) in [6.45, 7) is 4.84. The van der Waals surface area contributed by atoms with Gasteiger partial charge < -0.3 is 9.72 Å². The molecule has 1 N–H and O–H groups in total. The van der Waals surface area contributed by atoms with Crippen molar-refractivity contribution in [1.82, 2.24) is 4.98 Å². The molecule has 0 atom stereocenters. The van der Waals surface area contributed by atoms with E-state index in [0.29, 0.717) is 5.69 Å². The van der Waals surface area contributed by atoms with Crippen LogP contribution >= 0.6 is 0 Å². The summed E-state index contributed by atoms with van der Waals surface area (Å²) in [5.74, 6) is -1.44. The van der Waals surface area contributed by atoms with Gasteiger partial charge in [-0.1, -0.05) is 18.2 Å². The number of halogens is 3. The number of nitriles is 1. The van der Waals surface area contributed by atoms with Gasteiger partial charge in [0.1, 0.15) is 11.6 Å². The average molecular weight is 390 g/mol. The van der Waals surface area contributed by atoms with E-state index in [2.05, 4.69) is 4.98 Å². The minimum absolute atomic E-state index is 0.0437. The number of H-pyrrole nitrogens is 1. The molecule has 0 unspecified atom stereocenters. The van der Waals surface area contributed by atoms with Crippen molar-refractivity contribution in [2.24, 2.45) is 0 Å². The number of Topliss-reactive ketones (excluding diaryl/α,β-unsaturated/α-hetero) is 1. The largest absolute Gasteiger partial charge is 0.462 e. The third kappa shape index (κ3) is 4.14. The van der Waals surface area contributed by atoms with E-state index < -0.39 is 29.1 Å².